The number of carbonyl (C=O) groups is 2. The maximum Gasteiger partial charge on any atom is 0.292 e. The summed E-state index contributed by atoms with van der Waals surface area (Å²) >= 11 is 1.39. The number of anilines is 1. The van der Waals surface area contributed by atoms with Crippen molar-refractivity contribution >= 4 is 33.8 Å². The summed E-state index contributed by atoms with van der Waals surface area (Å²) in [6.07, 6.45) is 2.56. The zero-order valence-corrected chi connectivity index (χ0v) is 19.5. The lowest BCUT2D eigenvalue weighted by Crippen LogP contribution is -2.27. The van der Waals surface area contributed by atoms with Gasteiger partial charge >= 0.3 is 0 Å². The molecule has 9 heteroatoms. The maximum absolute atomic E-state index is 12.9. The number of fused-ring (bicyclic) bond motifs is 1. The molecule has 3 N–H and O–H groups in total. The van der Waals surface area contributed by atoms with E-state index in [1.54, 1.807) is 18.2 Å². The highest BCUT2D eigenvalue weighted by molar-refractivity contribution is 7.17. The van der Waals surface area contributed by atoms with E-state index in [2.05, 4.69) is 26.1 Å². The van der Waals surface area contributed by atoms with Gasteiger partial charge in [0.05, 0.1) is 10.5 Å². The molecule has 0 saturated carbocycles. The first-order chi connectivity index (χ1) is 15.5. The van der Waals surface area contributed by atoms with Crippen molar-refractivity contribution in [1.82, 2.24) is 0 Å². The molecule has 33 heavy (non-hydrogen) atoms. The Kier molecular flexibility index (Phi) is 5.84. The van der Waals surface area contributed by atoms with Crippen LogP contribution in [-0.4, -0.2) is 16.7 Å². The second-order valence-corrected chi connectivity index (χ2v) is 10.4. The van der Waals surface area contributed by atoms with E-state index in [-0.39, 0.29) is 16.9 Å². The van der Waals surface area contributed by atoms with E-state index in [1.807, 2.05) is 0 Å². The van der Waals surface area contributed by atoms with Gasteiger partial charge in [0, 0.05) is 22.6 Å². The number of carbonyl (C=O) groups excluding carboxylic acids is 2. The SMILES string of the molecule is CC(C)(C)[C@@H]1CCc2c(sc(NC(=O)c3ccc(-c4cccc([N+](=O)[O-])c4)o3)c2C(N)=O)C1. The summed E-state index contributed by atoms with van der Waals surface area (Å²) in [5.41, 5.74) is 7.55. The number of non-ortho nitro benzene ring substituents is 1. The first kappa shape index (κ1) is 22.7. The lowest BCUT2D eigenvalue weighted by Gasteiger charge is -2.33. The van der Waals surface area contributed by atoms with Crippen LogP contribution in [0.4, 0.5) is 10.7 Å². The normalized spacial score (nSPS) is 15.7. The van der Waals surface area contributed by atoms with E-state index in [4.69, 9.17) is 10.2 Å². The summed E-state index contributed by atoms with van der Waals surface area (Å²) in [5.74, 6) is -0.229. The van der Waals surface area contributed by atoms with E-state index >= 15 is 0 Å². The molecule has 0 unspecified atom stereocenters. The van der Waals surface area contributed by atoms with Crippen LogP contribution in [0.5, 0.6) is 0 Å². The van der Waals surface area contributed by atoms with Crippen LogP contribution in [0.1, 0.15) is 58.5 Å². The monoisotopic (exact) mass is 467 g/mol. The number of thiophene rings is 1. The van der Waals surface area contributed by atoms with Gasteiger partial charge in [-0.15, -0.1) is 11.3 Å². The van der Waals surface area contributed by atoms with E-state index < -0.39 is 16.7 Å². The molecule has 0 fully saturated rings. The molecule has 172 valence electrons. The van der Waals surface area contributed by atoms with Gasteiger partial charge in [-0.25, -0.2) is 0 Å². The fourth-order valence-corrected chi connectivity index (χ4v) is 5.55. The molecule has 4 rings (SSSR count). The highest BCUT2D eigenvalue weighted by Gasteiger charge is 2.33. The van der Waals surface area contributed by atoms with Crippen LogP contribution in [0.15, 0.2) is 40.8 Å². The van der Waals surface area contributed by atoms with Gasteiger partial charge in [-0.1, -0.05) is 32.9 Å². The predicted octanol–water partition coefficient (Wildman–Crippen LogP) is 5.42. The van der Waals surface area contributed by atoms with Crippen molar-refractivity contribution in [2.45, 2.75) is 40.0 Å². The minimum Gasteiger partial charge on any atom is -0.451 e. The van der Waals surface area contributed by atoms with Crippen LogP contribution in [0, 0.1) is 21.4 Å². The summed E-state index contributed by atoms with van der Waals surface area (Å²) in [5, 5.41) is 14.2. The van der Waals surface area contributed by atoms with E-state index in [0.717, 1.165) is 29.7 Å². The van der Waals surface area contributed by atoms with E-state index in [0.29, 0.717) is 27.8 Å². The number of hydrogen-bond donors (Lipinski definition) is 2. The van der Waals surface area contributed by atoms with Gasteiger partial charge in [0.2, 0.25) is 0 Å². The molecule has 0 spiro atoms. The Hall–Kier alpha value is -3.46. The molecular weight excluding hydrogens is 442 g/mol. The fourth-order valence-electron chi connectivity index (χ4n) is 4.23. The van der Waals surface area contributed by atoms with Crippen molar-refractivity contribution < 1.29 is 18.9 Å². The minimum absolute atomic E-state index is 0.0332. The molecule has 2 aromatic heterocycles. The summed E-state index contributed by atoms with van der Waals surface area (Å²) in [4.78, 5) is 36.7. The number of furan rings is 1. The molecule has 2 amide bonds. The molecule has 0 bridgehead atoms. The number of nitrogens with zero attached hydrogens (tertiary/aromatic N) is 1. The number of benzene rings is 1. The maximum atomic E-state index is 12.9. The predicted molar refractivity (Wildman–Crippen MR) is 127 cm³/mol. The Morgan fingerprint density at radius 3 is 2.67 bits per heavy atom. The van der Waals surface area contributed by atoms with Gasteiger partial charge < -0.3 is 15.5 Å². The lowest BCUT2D eigenvalue weighted by atomic mass is 9.72. The highest BCUT2D eigenvalue weighted by Crippen LogP contribution is 2.44. The minimum atomic E-state index is -0.561. The molecule has 2 heterocycles. The van der Waals surface area contributed by atoms with Crippen LogP contribution >= 0.6 is 11.3 Å². The third-order valence-electron chi connectivity index (χ3n) is 6.13. The van der Waals surface area contributed by atoms with Gasteiger partial charge in [0.15, 0.2) is 5.76 Å². The van der Waals surface area contributed by atoms with Crippen molar-refractivity contribution in [1.29, 1.82) is 0 Å². The van der Waals surface area contributed by atoms with Crippen molar-refractivity contribution in [3.63, 3.8) is 0 Å². The standard InChI is InChI=1S/C24H25N3O5S/c1-24(2,3)14-7-8-16-19(12-14)33-23(20(16)21(25)28)26-22(29)18-10-9-17(32-18)13-5-4-6-15(11-13)27(30)31/h4-6,9-11,14H,7-8,12H2,1-3H3,(H2,25,28)(H,26,29)/t14-/m1/s1. The Balaban J connectivity index is 1.59. The van der Waals surface area contributed by atoms with E-state index in [9.17, 15) is 19.7 Å². The Morgan fingerprint density at radius 2 is 2.00 bits per heavy atom. The fraction of sp³-hybridized carbons (Fsp3) is 0.333. The number of nitro benzene ring substituents is 1. The van der Waals surface area contributed by atoms with Crippen LogP contribution in [-0.2, 0) is 12.8 Å². The van der Waals surface area contributed by atoms with Crippen LogP contribution < -0.4 is 11.1 Å². The van der Waals surface area contributed by atoms with Gasteiger partial charge in [-0.3, -0.25) is 19.7 Å². The molecule has 1 atom stereocenters. The average molecular weight is 468 g/mol. The van der Waals surface area contributed by atoms with Gasteiger partial charge in [0.25, 0.3) is 17.5 Å². The molecule has 1 aromatic carbocycles. The Labute approximate surface area is 194 Å². The van der Waals surface area contributed by atoms with Gasteiger partial charge in [-0.05, 0) is 48.3 Å². The van der Waals surface area contributed by atoms with Crippen LogP contribution in [0.2, 0.25) is 0 Å². The zero-order chi connectivity index (χ0) is 23.9. The molecule has 1 aliphatic carbocycles. The van der Waals surface area contributed by atoms with Crippen molar-refractivity contribution in [3.8, 4) is 11.3 Å². The Morgan fingerprint density at radius 1 is 1.24 bits per heavy atom. The summed E-state index contributed by atoms with van der Waals surface area (Å²) in [7, 11) is 0. The third kappa shape index (κ3) is 4.54. The molecule has 0 radical (unpaired) electrons. The van der Waals surface area contributed by atoms with Crippen molar-refractivity contribution in [3.05, 3.63) is 68.3 Å². The van der Waals surface area contributed by atoms with Crippen molar-refractivity contribution in [2.75, 3.05) is 5.32 Å². The summed E-state index contributed by atoms with van der Waals surface area (Å²) in [6, 6.07) is 9.05. The van der Waals surface area contributed by atoms with Crippen molar-refractivity contribution in [2.24, 2.45) is 17.1 Å². The van der Waals surface area contributed by atoms with Gasteiger partial charge in [0.1, 0.15) is 10.8 Å². The van der Waals surface area contributed by atoms with Gasteiger partial charge in [-0.2, -0.15) is 0 Å². The highest BCUT2D eigenvalue weighted by atomic mass is 32.1. The number of nitro groups is 1. The largest absolute Gasteiger partial charge is 0.451 e. The second-order valence-electron chi connectivity index (χ2n) is 9.30. The second kappa shape index (κ2) is 8.47. The lowest BCUT2D eigenvalue weighted by molar-refractivity contribution is -0.384. The number of nitrogens with two attached hydrogens (primary N) is 1. The van der Waals surface area contributed by atoms with Crippen LogP contribution in [0.25, 0.3) is 11.3 Å². The topological polar surface area (TPSA) is 128 Å². The molecule has 0 saturated heterocycles. The van der Waals surface area contributed by atoms with E-state index in [1.165, 1.54) is 29.5 Å². The molecular formula is C24H25N3O5S. The first-order valence-electron chi connectivity index (χ1n) is 10.6. The quantitative estimate of drug-likeness (QED) is 0.382. The molecule has 0 aliphatic heterocycles. The average Bonchev–Trinajstić information content (AvgIpc) is 3.37. The number of nitrogens with one attached hydrogen (secondary N) is 1. The number of hydrogen-bond acceptors (Lipinski definition) is 6. The molecule has 8 nitrogen and oxygen atoms in total. The van der Waals surface area contributed by atoms with Crippen LogP contribution in [0.3, 0.4) is 0 Å². The first-order valence-corrected chi connectivity index (χ1v) is 11.5. The summed E-state index contributed by atoms with van der Waals surface area (Å²) in [6.45, 7) is 6.64. The molecule has 1 aliphatic rings. The number of primary amides is 1. The zero-order valence-electron chi connectivity index (χ0n) is 18.6. The summed E-state index contributed by atoms with van der Waals surface area (Å²) < 4.78 is 5.66. The number of rotatable bonds is 5. The third-order valence-corrected chi connectivity index (χ3v) is 7.30. The smallest absolute Gasteiger partial charge is 0.292 e. The number of amides is 2. The Bertz CT molecular complexity index is 1250. The molecule has 3 aromatic rings.